The molecule has 3 aromatic rings. The van der Waals surface area contributed by atoms with Gasteiger partial charge in [-0.3, -0.25) is 14.4 Å². The molecule has 0 saturated heterocycles. The average molecular weight is 566 g/mol. The van der Waals surface area contributed by atoms with Crippen molar-refractivity contribution in [3.63, 3.8) is 0 Å². The molecule has 206 valence electrons. The van der Waals surface area contributed by atoms with Crippen molar-refractivity contribution in [3.8, 4) is 5.75 Å². The van der Waals surface area contributed by atoms with Crippen molar-refractivity contribution in [1.29, 1.82) is 0 Å². The number of ether oxygens (including phenoxy) is 1. The van der Waals surface area contributed by atoms with E-state index in [0.717, 1.165) is 16.9 Å². The van der Waals surface area contributed by atoms with Gasteiger partial charge in [-0.25, -0.2) is 0 Å². The summed E-state index contributed by atoms with van der Waals surface area (Å²) >= 11 is 11.2. The molecule has 0 aromatic heterocycles. The second kappa shape index (κ2) is 20.6. The van der Waals surface area contributed by atoms with Gasteiger partial charge in [0.2, 0.25) is 0 Å². The molecule has 0 aliphatic heterocycles. The van der Waals surface area contributed by atoms with Crippen LogP contribution < -0.4 is 21.9 Å². The van der Waals surface area contributed by atoms with E-state index >= 15 is 0 Å². The number of carboxylic acid groups (broad SMARTS) is 2. The van der Waals surface area contributed by atoms with Gasteiger partial charge >= 0.3 is 11.9 Å². The van der Waals surface area contributed by atoms with E-state index in [9.17, 15) is 14.4 Å². The van der Waals surface area contributed by atoms with E-state index in [2.05, 4.69) is 0 Å². The van der Waals surface area contributed by atoms with Gasteiger partial charge in [-0.2, -0.15) is 0 Å². The van der Waals surface area contributed by atoms with Crippen LogP contribution in [0.1, 0.15) is 27.9 Å². The minimum Gasteiger partial charge on any atom is -0.496 e. The van der Waals surface area contributed by atoms with Crippen molar-refractivity contribution in [2.45, 2.75) is 25.4 Å². The Labute approximate surface area is 232 Å². The highest BCUT2D eigenvalue weighted by Gasteiger charge is 2.08. The van der Waals surface area contributed by atoms with Crippen LogP contribution >= 0.6 is 23.2 Å². The molecular weight excluding hydrogens is 533 g/mol. The van der Waals surface area contributed by atoms with Crippen LogP contribution in [0.2, 0.25) is 10.0 Å². The number of aldehydes is 1. The number of carbonyl (C=O) groups excluding carboxylic acids is 1. The first-order chi connectivity index (χ1) is 18.1. The average Bonchev–Trinajstić information content (AvgIpc) is 2.90. The van der Waals surface area contributed by atoms with E-state index in [-0.39, 0.29) is 6.42 Å². The number of methoxy groups -OCH3 is 1. The third-order valence-corrected chi connectivity index (χ3v) is 5.06. The summed E-state index contributed by atoms with van der Waals surface area (Å²) in [4.78, 5) is 30.3. The summed E-state index contributed by atoms with van der Waals surface area (Å²) in [6.07, 6.45) is 1.15. The van der Waals surface area contributed by atoms with E-state index < -0.39 is 18.0 Å². The minimum absolute atomic E-state index is 0.112. The first kappa shape index (κ1) is 34.5. The van der Waals surface area contributed by atoms with Gasteiger partial charge in [0.15, 0.2) is 6.29 Å². The monoisotopic (exact) mass is 565 g/mol. The van der Waals surface area contributed by atoms with Gasteiger partial charge in [0, 0.05) is 22.7 Å². The van der Waals surface area contributed by atoms with Crippen molar-refractivity contribution in [2.24, 2.45) is 17.2 Å². The lowest BCUT2D eigenvalue weighted by Gasteiger charge is -2.03. The standard InChI is InChI=1S/C8H11NO.C8H8O2.C7H4Cl2O.C4H10N2O2/c1-10-8-5-3-2-4-7(8)6-9;9-8(10)6-7-4-2-1-3-5-7;8-6-2-1-5(4-10)7(9)3-6;5-2-1-3(6)4(7)8/h2-5H,6,9H2,1H3;1-5H,6H2,(H,9,10);1-4H;3H,1-2,5-6H2,(H,7,8)/t;;;3-/m...0/s1. The normalized spacial score (nSPS) is 10.2. The Bertz CT molecular complexity index is 1090. The van der Waals surface area contributed by atoms with Crippen LogP contribution in [0, 0.1) is 0 Å². The van der Waals surface area contributed by atoms with Crippen LogP contribution in [0.3, 0.4) is 0 Å². The van der Waals surface area contributed by atoms with E-state index in [1.165, 1.54) is 6.07 Å². The van der Waals surface area contributed by atoms with Crippen LogP contribution in [0.5, 0.6) is 5.75 Å². The third kappa shape index (κ3) is 15.6. The second-order valence-corrected chi connectivity index (χ2v) is 8.22. The maximum Gasteiger partial charge on any atom is 0.320 e. The molecule has 0 aliphatic rings. The first-order valence-electron chi connectivity index (χ1n) is 11.3. The van der Waals surface area contributed by atoms with Crippen molar-refractivity contribution >= 4 is 41.4 Å². The number of halogens is 2. The summed E-state index contributed by atoms with van der Waals surface area (Å²) in [5, 5.41) is 17.4. The number of aliphatic carboxylic acids is 2. The molecule has 0 aliphatic carbocycles. The summed E-state index contributed by atoms with van der Waals surface area (Å²) < 4.78 is 5.06. The number of carboxylic acids is 2. The maximum absolute atomic E-state index is 10.2. The Hall–Kier alpha value is -3.47. The molecular formula is C27H33Cl2N3O6. The quantitative estimate of drug-likeness (QED) is 0.252. The van der Waals surface area contributed by atoms with Gasteiger partial charge < -0.3 is 32.2 Å². The summed E-state index contributed by atoms with van der Waals surface area (Å²) in [5.74, 6) is -0.911. The van der Waals surface area contributed by atoms with Crippen LogP contribution in [0.15, 0.2) is 72.8 Å². The molecule has 1 atom stereocenters. The number of hydrogen-bond donors (Lipinski definition) is 5. The predicted molar refractivity (Wildman–Crippen MR) is 150 cm³/mol. The number of benzene rings is 3. The maximum atomic E-state index is 10.2. The fraction of sp³-hybridized carbons (Fsp3) is 0.222. The summed E-state index contributed by atoms with van der Waals surface area (Å²) in [5.41, 5.74) is 17.9. The lowest BCUT2D eigenvalue weighted by molar-refractivity contribution is -0.139. The van der Waals surface area contributed by atoms with Crippen molar-refractivity contribution in [3.05, 3.63) is 99.5 Å². The first-order valence-corrected chi connectivity index (χ1v) is 12.0. The zero-order chi connectivity index (χ0) is 28.9. The molecule has 0 fully saturated rings. The van der Waals surface area contributed by atoms with Gasteiger partial charge in [0.05, 0.1) is 18.6 Å². The molecule has 0 radical (unpaired) electrons. The molecule has 11 heteroatoms. The molecule has 3 rings (SSSR count). The Kier molecular flexibility index (Phi) is 18.7. The largest absolute Gasteiger partial charge is 0.496 e. The molecule has 3 aromatic carbocycles. The Balaban J connectivity index is 0.000000483. The fourth-order valence-electron chi connectivity index (χ4n) is 2.54. The zero-order valence-corrected chi connectivity index (χ0v) is 22.4. The highest BCUT2D eigenvalue weighted by atomic mass is 35.5. The topological polar surface area (TPSA) is 179 Å². The Morgan fingerprint density at radius 1 is 0.974 bits per heavy atom. The van der Waals surface area contributed by atoms with Crippen molar-refractivity contribution in [1.82, 2.24) is 0 Å². The highest BCUT2D eigenvalue weighted by Crippen LogP contribution is 2.19. The second-order valence-electron chi connectivity index (χ2n) is 7.38. The lowest BCUT2D eigenvalue weighted by Crippen LogP contribution is -2.32. The number of hydrogen-bond acceptors (Lipinski definition) is 7. The van der Waals surface area contributed by atoms with E-state index in [4.69, 9.17) is 55.4 Å². The summed E-state index contributed by atoms with van der Waals surface area (Å²) in [7, 11) is 1.65. The van der Waals surface area contributed by atoms with Gasteiger partial charge in [-0.1, -0.05) is 71.7 Å². The Morgan fingerprint density at radius 3 is 2.00 bits per heavy atom. The van der Waals surface area contributed by atoms with Crippen LogP contribution in [0.4, 0.5) is 0 Å². The molecule has 0 spiro atoms. The summed E-state index contributed by atoms with van der Waals surface area (Å²) in [6.45, 7) is 0.859. The minimum atomic E-state index is -0.990. The van der Waals surface area contributed by atoms with E-state index in [1.54, 1.807) is 31.4 Å². The molecule has 9 nitrogen and oxygen atoms in total. The van der Waals surface area contributed by atoms with Gasteiger partial charge in [-0.15, -0.1) is 0 Å². The molecule has 0 unspecified atom stereocenters. The summed E-state index contributed by atoms with van der Waals surface area (Å²) in [6, 6.07) is 20.8. The molecule has 0 bridgehead atoms. The fourth-order valence-corrected chi connectivity index (χ4v) is 3.00. The van der Waals surface area contributed by atoms with Crippen molar-refractivity contribution < 1.29 is 29.3 Å². The van der Waals surface area contributed by atoms with Crippen LogP contribution in [-0.2, 0) is 22.6 Å². The smallest absolute Gasteiger partial charge is 0.320 e. The third-order valence-electron chi connectivity index (χ3n) is 4.49. The predicted octanol–water partition coefficient (Wildman–Crippen LogP) is 4.02. The molecule has 38 heavy (non-hydrogen) atoms. The van der Waals surface area contributed by atoms with E-state index in [0.29, 0.717) is 41.4 Å². The molecule has 0 amide bonds. The SMILES string of the molecule is COc1ccccc1CN.NCC[C@H](N)C(=O)O.O=C(O)Cc1ccccc1.O=Cc1ccc(Cl)cc1Cl. The van der Waals surface area contributed by atoms with Crippen LogP contribution in [0.25, 0.3) is 0 Å². The van der Waals surface area contributed by atoms with Gasteiger partial charge in [0.1, 0.15) is 11.8 Å². The van der Waals surface area contributed by atoms with Crippen molar-refractivity contribution in [2.75, 3.05) is 13.7 Å². The molecule has 0 heterocycles. The number of nitrogens with two attached hydrogens (primary N) is 3. The molecule has 0 saturated carbocycles. The van der Waals surface area contributed by atoms with Gasteiger partial charge in [0.25, 0.3) is 0 Å². The molecule has 8 N–H and O–H groups in total. The van der Waals surface area contributed by atoms with E-state index in [1.807, 2.05) is 42.5 Å². The van der Waals surface area contributed by atoms with Crippen LogP contribution in [-0.4, -0.2) is 48.1 Å². The number of rotatable bonds is 8. The Morgan fingerprint density at radius 2 is 1.58 bits per heavy atom. The zero-order valence-electron chi connectivity index (χ0n) is 20.9. The number of carbonyl (C=O) groups is 3. The lowest BCUT2D eigenvalue weighted by atomic mass is 10.2. The highest BCUT2D eigenvalue weighted by molar-refractivity contribution is 6.36. The van der Waals surface area contributed by atoms with Gasteiger partial charge in [-0.05, 0) is 42.8 Å². The number of para-hydroxylation sites is 1.